The number of ether oxygens (including phenoxy) is 4. The normalized spacial score (nSPS) is 33.3. The predicted octanol–water partition coefficient (Wildman–Crippen LogP) is 3.00. The summed E-state index contributed by atoms with van der Waals surface area (Å²) in [5.41, 5.74) is -3.43. The third-order valence-electron chi connectivity index (χ3n) is 12.5. The quantitative estimate of drug-likeness (QED) is 0.0774. The van der Waals surface area contributed by atoms with Gasteiger partial charge in [0.15, 0.2) is 23.8 Å². The Labute approximate surface area is 333 Å². The number of halogens is 1. The monoisotopic (exact) mass is 825 g/mol. The summed E-state index contributed by atoms with van der Waals surface area (Å²) in [4.78, 5) is 95.0. The molecule has 0 spiro atoms. The minimum atomic E-state index is -1.72. The van der Waals surface area contributed by atoms with Crippen LogP contribution in [0.5, 0.6) is 0 Å². The average Bonchev–Trinajstić information content (AvgIpc) is 3.55. The van der Waals surface area contributed by atoms with E-state index in [2.05, 4.69) is 15.0 Å². The summed E-state index contributed by atoms with van der Waals surface area (Å²) in [5.74, 6) is -6.17. The maximum Gasteiger partial charge on any atom is 0.329 e. The Morgan fingerprint density at radius 2 is 1.64 bits per heavy atom. The van der Waals surface area contributed by atoms with Crippen LogP contribution in [0, 0.1) is 48.8 Å². The highest BCUT2D eigenvalue weighted by Gasteiger charge is 2.77. The molecule has 4 fully saturated rings. The second kappa shape index (κ2) is 17.7. The van der Waals surface area contributed by atoms with Crippen molar-refractivity contribution in [3.8, 4) is 0 Å². The molecule has 19 nitrogen and oxygen atoms in total. The van der Waals surface area contributed by atoms with Crippen LogP contribution >= 0.6 is 0 Å². The summed E-state index contributed by atoms with van der Waals surface area (Å²) in [6.07, 6.45) is 1.88. The van der Waals surface area contributed by atoms with Crippen molar-refractivity contribution >= 4 is 29.4 Å². The molecular weight excluding hydrogens is 773 g/mol. The molecule has 4 aliphatic carbocycles. The van der Waals surface area contributed by atoms with E-state index >= 15 is 4.39 Å². The first-order chi connectivity index (χ1) is 27.2. The number of nitrogens with zero attached hydrogens (tertiary/aromatic N) is 2. The van der Waals surface area contributed by atoms with Gasteiger partial charge in [-0.2, -0.15) is 0 Å². The number of hydrogen-bond acceptors (Lipinski definition) is 16. The van der Waals surface area contributed by atoms with Gasteiger partial charge in [0.05, 0.1) is 38.4 Å². The fourth-order valence-corrected chi connectivity index (χ4v) is 10.2. The molecule has 5 rings (SSSR count). The van der Waals surface area contributed by atoms with Crippen LogP contribution in [-0.4, -0.2) is 107 Å². The zero-order valence-electron chi connectivity index (χ0n) is 33.0. The van der Waals surface area contributed by atoms with Crippen molar-refractivity contribution < 1.29 is 72.3 Å². The lowest BCUT2D eigenvalue weighted by Crippen LogP contribution is -2.64. The zero-order chi connectivity index (χ0) is 42.6. The Morgan fingerprint density at radius 3 is 2.31 bits per heavy atom. The summed E-state index contributed by atoms with van der Waals surface area (Å²) >= 11 is 0. The smallest absolute Gasteiger partial charge is 0.329 e. The third-order valence-corrected chi connectivity index (χ3v) is 12.5. The molecule has 3 saturated carbocycles. The van der Waals surface area contributed by atoms with Crippen LogP contribution in [0.15, 0.2) is 23.8 Å². The summed E-state index contributed by atoms with van der Waals surface area (Å²) < 4.78 is 39.4. The zero-order valence-corrected chi connectivity index (χ0v) is 33.0. The Morgan fingerprint density at radius 1 is 0.983 bits per heavy atom. The number of aliphatic hydroxyl groups is 1. The lowest BCUT2D eigenvalue weighted by molar-refractivity contribution is -0.757. The van der Waals surface area contributed by atoms with Crippen molar-refractivity contribution in [2.45, 2.75) is 128 Å². The van der Waals surface area contributed by atoms with Crippen LogP contribution in [0.4, 0.5) is 4.39 Å². The van der Waals surface area contributed by atoms with Crippen LogP contribution in [0.1, 0.15) is 91.9 Å². The van der Waals surface area contributed by atoms with E-state index in [0.29, 0.717) is 24.8 Å². The van der Waals surface area contributed by atoms with Crippen molar-refractivity contribution in [1.82, 2.24) is 5.32 Å². The SMILES string of the molecule is CC1(C)O[C@@H]2C[C@H]3[C@@H]4C[C@H](F)C5=CC(=O)C=C[C@]5(C)[C@H]4[C@@H](O)C[C@]3(C)[C@@]2(C(=O)COC(=O)CC(NC(=O)CCCCCO[N+](=O)[O-])C(=O)OCCCCO[N+](=O)[O-])O1. The van der Waals surface area contributed by atoms with Gasteiger partial charge in [0, 0.05) is 23.2 Å². The minimum absolute atomic E-state index is 0.0196. The molecule has 1 saturated heterocycles. The molecule has 322 valence electrons. The number of allylic oxidation sites excluding steroid dienone is 4. The summed E-state index contributed by atoms with van der Waals surface area (Å²) in [6, 6.07) is -1.54. The van der Waals surface area contributed by atoms with Gasteiger partial charge >= 0.3 is 11.9 Å². The number of hydrogen-bond donors (Lipinski definition) is 2. The number of alkyl halides is 1. The minimum Gasteiger partial charge on any atom is -0.464 e. The summed E-state index contributed by atoms with van der Waals surface area (Å²) in [6.45, 7) is 5.49. The molecular formula is C38H52FN3O16. The fraction of sp³-hybridized carbons (Fsp3) is 0.763. The van der Waals surface area contributed by atoms with Gasteiger partial charge in [0.25, 0.3) is 10.2 Å². The maximum absolute atomic E-state index is 16.0. The van der Waals surface area contributed by atoms with Gasteiger partial charge < -0.3 is 39.0 Å². The highest BCUT2D eigenvalue weighted by atomic mass is 19.1. The molecule has 5 aliphatic rings. The molecule has 58 heavy (non-hydrogen) atoms. The van der Waals surface area contributed by atoms with Crippen molar-refractivity contribution in [2.75, 3.05) is 26.4 Å². The van der Waals surface area contributed by atoms with Crippen molar-refractivity contribution in [2.24, 2.45) is 28.6 Å². The lowest BCUT2D eigenvalue weighted by Gasteiger charge is -2.60. The van der Waals surface area contributed by atoms with Gasteiger partial charge in [0.2, 0.25) is 11.7 Å². The Hall–Kier alpha value is -4.56. The molecule has 0 bridgehead atoms. The average molecular weight is 826 g/mol. The highest BCUT2D eigenvalue weighted by molar-refractivity contribution is 6.01. The molecule has 1 unspecified atom stereocenters. The number of unbranched alkanes of at least 4 members (excludes halogenated alkanes) is 3. The van der Waals surface area contributed by atoms with Crippen molar-refractivity contribution in [3.05, 3.63) is 44.0 Å². The van der Waals surface area contributed by atoms with Gasteiger partial charge in [-0.05, 0) is 88.4 Å². The predicted molar refractivity (Wildman–Crippen MR) is 194 cm³/mol. The first-order valence-electron chi connectivity index (χ1n) is 19.6. The van der Waals surface area contributed by atoms with E-state index in [4.69, 9.17) is 18.9 Å². The fourth-order valence-electron chi connectivity index (χ4n) is 10.2. The van der Waals surface area contributed by atoms with E-state index in [9.17, 15) is 49.3 Å². The van der Waals surface area contributed by atoms with Gasteiger partial charge in [-0.1, -0.05) is 26.3 Å². The molecule has 1 amide bonds. The van der Waals surface area contributed by atoms with Crippen LogP contribution in [0.3, 0.4) is 0 Å². The topological polar surface area (TPSA) is 259 Å². The standard InChI is InChI=1S/C38H52FN3O16/c1-35(2)57-30-18-24-23-17-26(39)25-16-22(43)11-12-36(25,3)33(23)28(44)20-37(24,4)38(30,58-35)29(45)21-54-32(47)19-27(34(48)53-13-8-9-15-56-42(51)52)40-31(46)10-6-5-7-14-55-41(49)50/h11-12,16,23-24,26-28,30,33,44H,5-10,13-15,17-21H2,1-4H3,(H,40,46)/t23-,24-,26-,27?,28-,30+,33+,36-,37-,38-/m0/s1. The van der Waals surface area contributed by atoms with E-state index < -0.39 is 105 Å². The molecule has 0 aromatic carbocycles. The number of amides is 1. The van der Waals surface area contributed by atoms with Crippen LogP contribution in [0.25, 0.3) is 0 Å². The Kier molecular flexibility index (Phi) is 13.6. The van der Waals surface area contributed by atoms with Gasteiger partial charge in [-0.3, -0.25) is 19.2 Å². The molecule has 0 aromatic rings. The third kappa shape index (κ3) is 9.17. The number of rotatable bonds is 20. The molecule has 1 heterocycles. The Balaban J connectivity index is 1.27. The van der Waals surface area contributed by atoms with Crippen LogP contribution < -0.4 is 5.32 Å². The molecule has 20 heteroatoms. The molecule has 2 N–H and O–H groups in total. The number of ketones is 2. The van der Waals surface area contributed by atoms with E-state index in [0.717, 1.165) is 0 Å². The Bertz CT molecular complexity index is 1700. The van der Waals surface area contributed by atoms with Crippen LogP contribution in [0.2, 0.25) is 0 Å². The first-order valence-corrected chi connectivity index (χ1v) is 19.6. The number of esters is 2. The summed E-state index contributed by atoms with van der Waals surface area (Å²) in [7, 11) is 0. The number of fused-ring (bicyclic) bond motifs is 7. The van der Waals surface area contributed by atoms with Crippen molar-refractivity contribution in [3.63, 3.8) is 0 Å². The highest BCUT2D eigenvalue weighted by Crippen LogP contribution is 2.70. The van der Waals surface area contributed by atoms with E-state index in [-0.39, 0.29) is 70.0 Å². The van der Waals surface area contributed by atoms with Gasteiger partial charge in [-0.25, -0.2) is 9.18 Å². The van der Waals surface area contributed by atoms with E-state index in [1.165, 1.54) is 12.2 Å². The first kappa shape index (κ1) is 44.5. The molecule has 1 aliphatic heterocycles. The van der Waals surface area contributed by atoms with Gasteiger partial charge in [-0.15, -0.1) is 20.2 Å². The van der Waals surface area contributed by atoms with Gasteiger partial charge in [0.1, 0.15) is 12.2 Å². The second-order valence-corrected chi connectivity index (χ2v) is 16.6. The largest absolute Gasteiger partial charge is 0.464 e. The number of aliphatic hydroxyl groups excluding tert-OH is 1. The molecule has 0 radical (unpaired) electrons. The lowest BCUT2D eigenvalue weighted by atomic mass is 9.46. The van der Waals surface area contributed by atoms with Crippen LogP contribution in [-0.2, 0) is 52.6 Å². The number of Topliss-reactive ketones (excluding diaryl/α,β-unsaturated/α-hetero) is 1. The van der Waals surface area contributed by atoms with Crippen molar-refractivity contribution in [1.29, 1.82) is 0 Å². The second-order valence-electron chi connectivity index (χ2n) is 16.6. The number of nitrogens with one attached hydrogen (secondary N) is 1. The maximum atomic E-state index is 16.0. The molecule has 10 atom stereocenters. The molecule has 0 aromatic heterocycles. The number of carbonyl (C=O) groups excluding carboxylic acids is 5. The van der Waals surface area contributed by atoms with E-state index in [1.54, 1.807) is 19.9 Å². The summed E-state index contributed by atoms with van der Waals surface area (Å²) in [5, 5.41) is 33.1. The van der Waals surface area contributed by atoms with E-state index in [1.807, 2.05) is 13.8 Å². The number of carbonyl (C=O) groups is 5.